The standard InChI is InChI=1S/C26H26FN7/c27-23-12-20(19-4-2-1-3-5-19)6-7-21(23)16-31-25-13-24(30-15-18-8-10-29-11-9-18)33-26-22(14-28)17-32-34(25)26/h1-7,12-13,17-18,29,31H,8-11,15-16H2,(H,30,33). The molecule has 34 heavy (non-hydrogen) atoms. The van der Waals surface area contributed by atoms with E-state index in [0.29, 0.717) is 34.3 Å². The second kappa shape index (κ2) is 9.89. The number of halogens is 1. The molecule has 8 heteroatoms. The fraction of sp³-hybridized carbons (Fsp3) is 0.269. The summed E-state index contributed by atoms with van der Waals surface area (Å²) in [6.07, 6.45) is 3.74. The zero-order valence-electron chi connectivity index (χ0n) is 18.8. The number of piperidine rings is 1. The van der Waals surface area contributed by atoms with Gasteiger partial charge in [0.25, 0.3) is 0 Å². The first-order chi connectivity index (χ1) is 16.7. The Hall–Kier alpha value is -3.96. The van der Waals surface area contributed by atoms with Crippen molar-refractivity contribution in [3.05, 3.63) is 77.7 Å². The normalized spacial score (nSPS) is 14.1. The van der Waals surface area contributed by atoms with Crippen LogP contribution in [0.15, 0.2) is 60.8 Å². The van der Waals surface area contributed by atoms with E-state index in [1.54, 1.807) is 16.6 Å². The third-order valence-corrected chi connectivity index (χ3v) is 6.24. The van der Waals surface area contributed by atoms with Crippen molar-refractivity contribution >= 4 is 17.3 Å². The number of nitrogens with one attached hydrogen (secondary N) is 3. The highest BCUT2D eigenvalue weighted by molar-refractivity contribution is 5.65. The number of fused-ring (bicyclic) bond motifs is 1. The van der Waals surface area contributed by atoms with E-state index in [1.807, 2.05) is 42.5 Å². The number of hydrogen-bond donors (Lipinski definition) is 3. The predicted octanol–water partition coefficient (Wildman–Crippen LogP) is 4.43. The molecule has 2 aromatic carbocycles. The van der Waals surface area contributed by atoms with E-state index in [-0.39, 0.29) is 12.4 Å². The van der Waals surface area contributed by atoms with Crippen LogP contribution < -0.4 is 16.0 Å². The van der Waals surface area contributed by atoms with Gasteiger partial charge in [-0.05, 0) is 49.0 Å². The molecular weight excluding hydrogens is 429 g/mol. The highest BCUT2D eigenvalue weighted by Crippen LogP contribution is 2.24. The SMILES string of the molecule is N#Cc1cnn2c(NCc3ccc(-c4ccccc4)cc3F)cc(NCC3CCNCC3)nc12. The van der Waals surface area contributed by atoms with Gasteiger partial charge in [0.2, 0.25) is 0 Å². The van der Waals surface area contributed by atoms with E-state index in [0.717, 1.165) is 43.6 Å². The number of nitrogens with zero attached hydrogens (tertiary/aromatic N) is 4. The lowest BCUT2D eigenvalue weighted by Gasteiger charge is -2.23. The van der Waals surface area contributed by atoms with Gasteiger partial charge in [-0.2, -0.15) is 14.9 Å². The summed E-state index contributed by atoms with van der Waals surface area (Å²) in [5.74, 6) is 1.62. The van der Waals surface area contributed by atoms with Crippen molar-refractivity contribution in [1.29, 1.82) is 5.26 Å². The van der Waals surface area contributed by atoms with Gasteiger partial charge in [0.05, 0.1) is 6.20 Å². The van der Waals surface area contributed by atoms with Crippen molar-refractivity contribution in [2.45, 2.75) is 19.4 Å². The first-order valence-corrected chi connectivity index (χ1v) is 11.5. The van der Waals surface area contributed by atoms with Crippen LogP contribution in [0.25, 0.3) is 16.8 Å². The van der Waals surface area contributed by atoms with Crippen molar-refractivity contribution in [3.63, 3.8) is 0 Å². The van der Waals surface area contributed by atoms with Gasteiger partial charge in [0, 0.05) is 24.7 Å². The second-order valence-electron chi connectivity index (χ2n) is 8.53. The lowest BCUT2D eigenvalue weighted by molar-refractivity contribution is 0.389. The first-order valence-electron chi connectivity index (χ1n) is 11.5. The molecule has 172 valence electrons. The van der Waals surface area contributed by atoms with Gasteiger partial charge in [-0.15, -0.1) is 0 Å². The lowest BCUT2D eigenvalue weighted by atomic mass is 9.98. The molecule has 0 aliphatic carbocycles. The second-order valence-corrected chi connectivity index (χ2v) is 8.53. The van der Waals surface area contributed by atoms with Gasteiger partial charge in [0.1, 0.15) is 29.1 Å². The molecule has 0 saturated carbocycles. The highest BCUT2D eigenvalue weighted by Gasteiger charge is 2.15. The molecule has 0 unspecified atom stereocenters. The minimum Gasteiger partial charge on any atom is -0.370 e. The molecule has 3 N–H and O–H groups in total. The molecule has 1 saturated heterocycles. The van der Waals surface area contributed by atoms with Crippen LogP contribution in [0.5, 0.6) is 0 Å². The minimum absolute atomic E-state index is 0.273. The van der Waals surface area contributed by atoms with Gasteiger partial charge in [-0.3, -0.25) is 0 Å². The molecule has 0 bridgehead atoms. The Bertz CT molecular complexity index is 1320. The molecule has 1 aliphatic rings. The van der Waals surface area contributed by atoms with Crippen molar-refractivity contribution in [1.82, 2.24) is 19.9 Å². The average molecular weight is 456 g/mol. The zero-order chi connectivity index (χ0) is 23.3. The predicted molar refractivity (Wildman–Crippen MR) is 131 cm³/mol. The van der Waals surface area contributed by atoms with Crippen molar-refractivity contribution in [3.8, 4) is 17.2 Å². The quantitative estimate of drug-likeness (QED) is 0.382. The summed E-state index contributed by atoms with van der Waals surface area (Å²) in [7, 11) is 0. The summed E-state index contributed by atoms with van der Waals surface area (Å²) in [4.78, 5) is 4.61. The molecule has 1 fully saturated rings. The van der Waals surface area contributed by atoms with E-state index < -0.39 is 0 Å². The van der Waals surface area contributed by atoms with Crippen molar-refractivity contribution in [2.24, 2.45) is 5.92 Å². The van der Waals surface area contributed by atoms with Crippen LogP contribution in [0.1, 0.15) is 24.0 Å². The molecule has 5 rings (SSSR count). The van der Waals surface area contributed by atoms with E-state index in [1.165, 1.54) is 6.20 Å². The molecular formula is C26H26FN7. The van der Waals surface area contributed by atoms with Gasteiger partial charge >= 0.3 is 0 Å². The molecule has 1 aliphatic heterocycles. The summed E-state index contributed by atoms with van der Waals surface area (Å²) < 4.78 is 16.5. The summed E-state index contributed by atoms with van der Waals surface area (Å²) >= 11 is 0. The maximum atomic E-state index is 14.9. The van der Waals surface area contributed by atoms with Gasteiger partial charge < -0.3 is 16.0 Å². The molecule has 0 amide bonds. The third-order valence-electron chi connectivity index (χ3n) is 6.24. The van der Waals surface area contributed by atoms with Gasteiger partial charge in [-0.25, -0.2) is 9.37 Å². The molecule has 0 spiro atoms. The Morgan fingerprint density at radius 2 is 1.88 bits per heavy atom. The Morgan fingerprint density at radius 1 is 1.06 bits per heavy atom. The van der Waals surface area contributed by atoms with Gasteiger partial charge in [-0.1, -0.05) is 42.5 Å². The van der Waals surface area contributed by atoms with E-state index in [4.69, 9.17) is 0 Å². The molecule has 7 nitrogen and oxygen atoms in total. The Morgan fingerprint density at radius 3 is 2.65 bits per heavy atom. The van der Waals surface area contributed by atoms with Crippen LogP contribution in [-0.4, -0.2) is 34.2 Å². The smallest absolute Gasteiger partial charge is 0.177 e. The average Bonchev–Trinajstić information content (AvgIpc) is 3.31. The van der Waals surface area contributed by atoms with Crippen molar-refractivity contribution < 1.29 is 4.39 Å². The van der Waals surface area contributed by atoms with Crippen LogP contribution in [0.4, 0.5) is 16.0 Å². The van der Waals surface area contributed by atoms with Crippen molar-refractivity contribution in [2.75, 3.05) is 30.3 Å². The van der Waals surface area contributed by atoms with E-state index in [2.05, 4.69) is 32.1 Å². The number of anilines is 2. The van der Waals surface area contributed by atoms with Gasteiger partial charge in [0.15, 0.2) is 5.65 Å². The molecule has 3 heterocycles. The molecule has 4 aromatic rings. The Kier molecular flexibility index (Phi) is 6.36. The van der Waals surface area contributed by atoms with Crippen LogP contribution in [0.2, 0.25) is 0 Å². The van der Waals surface area contributed by atoms with Crippen LogP contribution in [0, 0.1) is 23.1 Å². The third kappa shape index (κ3) is 4.70. The monoisotopic (exact) mass is 455 g/mol. The topological polar surface area (TPSA) is 90.1 Å². The maximum Gasteiger partial charge on any atom is 0.177 e. The summed E-state index contributed by atoms with van der Waals surface area (Å²) in [5.41, 5.74) is 3.22. The number of aromatic nitrogens is 3. The van der Waals surface area contributed by atoms with E-state index in [9.17, 15) is 9.65 Å². The number of hydrogen-bond acceptors (Lipinski definition) is 6. The number of benzene rings is 2. The van der Waals surface area contributed by atoms with Crippen LogP contribution >= 0.6 is 0 Å². The Balaban J connectivity index is 1.36. The molecule has 0 atom stereocenters. The fourth-order valence-corrected chi connectivity index (χ4v) is 4.28. The number of rotatable bonds is 7. The maximum absolute atomic E-state index is 14.9. The zero-order valence-corrected chi connectivity index (χ0v) is 18.8. The summed E-state index contributed by atoms with van der Waals surface area (Å²) in [6.45, 7) is 3.15. The summed E-state index contributed by atoms with van der Waals surface area (Å²) in [6, 6.07) is 19.0. The van der Waals surface area contributed by atoms with Crippen LogP contribution in [0.3, 0.4) is 0 Å². The first kappa shape index (κ1) is 21.9. The lowest BCUT2D eigenvalue weighted by Crippen LogP contribution is -2.31. The molecule has 0 radical (unpaired) electrons. The fourth-order valence-electron chi connectivity index (χ4n) is 4.28. The molecule has 2 aromatic heterocycles. The Labute approximate surface area is 197 Å². The van der Waals surface area contributed by atoms with E-state index >= 15 is 0 Å². The minimum atomic E-state index is -0.276. The number of nitriles is 1. The summed E-state index contributed by atoms with van der Waals surface area (Å²) in [5, 5.41) is 23.8. The largest absolute Gasteiger partial charge is 0.370 e. The highest BCUT2D eigenvalue weighted by atomic mass is 19.1. The van der Waals surface area contributed by atoms with Crippen LogP contribution in [-0.2, 0) is 6.54 Å².